The molecule has 1 aliphatic rings. The number of carbonyl (C=O) groups excluding carboxylic acids is 2. The van der Waals surface area contributed by atoms with Crippen LogP contribution in [0, 0.1) is 5.41 Å². The first-order chi connectivity index (χ1) is 11.8. The average Bonchev–Trinajstić information content (AvgIpc) is 3.09. The Balaban J connectivity index is 1.87. The maximum absolute atomic E-state index is 12.3. The highest BCUT2D eigenvalue weighted by atomic mass is 16.5. The quantitative estimate of drug-likeness (QED) is 0.728. The fraction of sp³-hybridized carbons (Fsp3) is 0.579. The molecule has 0 spiro atoms. The van der Waals surface area contributed by atoms with E-state index in [2.05, 4.69) is 10.6 Å². The summed E-state index contributed by atoms with van der Waals surface area (Å²) in [5.74, 6) is -0.323. The first-order valence-electron chi connectivity index (χ1n) is 8.79. The van der Waals surface area contributed by atoms with Crippen molar-refractivity contribution in [1.29, 1.82) is 0 Å². The number of rotatable bonds is 6. The van der Waals surface area contributed by atoms with Crippen molar-refractivity contribution in [1.82, 2.24) is 10.6 Å². The number of nitrogens with two attached hydrogens (primary N) is 1. The lowest BCUT2D eigenvalue weighted by molar-refractivity contribution is -0.124. The second-order valence-electron chi connectivity index (χ2n) is 7.61. The molecule has 6 nitrogen and oxygen atoms in total. The Morgan fingerprint density at radius 2 is 2.08 bits per heavy atom. The van der Waals surface area contributed by atoms with E-state index in [1.165, 1.54) is 0 Å². The molecule has 1 fully saturated rings. The van der Waals surface area contributed by atoms with E-state index >= 15 is 0 Å². The van der Waals surface area contributed by atoms with E-state index in [9.17, 15) is 9.59 Å². The van der Waals surface area contributed by atoms with Gasteiger partial charge in [-0.25, -0.2) is 0 Å². The molecule has 0 aromatic heterocycles. The van der Waals surface area contributed by atoms with Crippen LogP contribution in [0.1, 0.15) is 49.5 Å². The normalized spacial score (nSPS) is 18.6. The maximum atomic E-state index is 12.3. The summed E-state index contributed by atoms with van der Waals surface area (Å²) in [7, 11) is 0. The molecule has 2 rings (SSSR count). The topological polar surface area (TPSA) is 93.5 Å². The van der Waals surface area contributed by atoms with Gasteiger partial charge >= 0.3 is 0 Å². The van der Waals surface area contributed by atoms with E-state index < -0.39 is 6.04 Å². The van der Waals surface area contributed by atoms with Crippen molar-refractivity contribution in [2.45, 2.75) is 52.3 Å². The number of benzene rings is 1. The van der Waals surface area contributed by atoms with E-state index in [0.717, 1.165) is 25.0 Å². The molecule has 2 atom stereocenters. The van der Waals surface area contributed by atoms with Crippen molar-refractivity contribution >= 4 is 11.8 Å². The lowest BCUT2D eigenvalue weighted by Crippen LogP contribution is -2.48. The summed E-state index contributed by atoms with van der Waals surface area (Å²) in [6.45, 7) is 7.42. The predicted molar refractivity (Wildman–Crippen MR) is 97.0 cm³/mol. The molecule has 0 bridgehead atoms. The second kappa shape index (κ2) is 8.45. The largest absolute Gasteiger partial charge is 0.376 e. The van der Waals surface area contributed by atoms with Crippen molar-refractivity contribution in [2.24, 2.45) is 11.1 Å². The summed E-state index contributed by atoms with van der Waals surface area (Å²) in [6.07, 6.45) is 2.15. The fourth-order valence-electron chi connectivity index (χ4n) is 2.63. The second-order valence-corrected chi connectivity index (χ2v) is 7.61. The van der Waals surface area contributed by atoms with E-state index in [-0.39, 0.29) is 23.3 Å². The van der Waals surface area contributed by atoms with Gasteiger partial charge in [-0.3, -0.25) is 9.59 Å². The zero-order valence-corrected chi connectivity index (χ0v) is 15.3. The molecule has 1 aromatic rings. The Morgan fingerprint density at radius 1 is 1.32 bits per heavy atom. The van der Waals surface area contributed by atoms with Crippen LogP contribution in [-0.4, -0.2) is 37.1 Å². The Labute approximate surface area is 149 Å². The Kier molecular flexibility index (Phi) is 6.56. The molecule has 0 aliphatic carbocycles. The minimum atomic E-state index is -0.578. The van der Waals surface area contributed by atoms with Crippen LogP contribution in [0.4, 0.5) is 0 Å². The van der Waals surface area contributed by atoms with Crippen LogP contribution < -0.4 is 16.4 Å². The van der Waals surface area contributed by atoms with Crippen LogP contribution >= 0.6 is 0 Å². The summed E-state index contributed by atoms with van der Waals surface area (Å²) in [6, 6.07) is 6.65. The zero-order valence-electron chi connectivity index (χ0n) is 15.3. The van der Waals surface area contributed by atoms with Crippen LogP contribution in [0.2, 0.25) is 0 Å². The van der Waals surface area contributed by atoms with Crippen molar-refractivity contribution in [3.63, 3.8) is 0 Å². The van der Waals surface area contributed by atoms with Crippen molar-refractivity contribution in [3.8, 4) is 0 Å². The fourth-order valence-corrected chi connectivity index (χ4v) is 2.63. The highest BCUT2D eigenvalue weighted by Crippen LogP contribution is 2.17. The maximum Gasteiger partial charge on any atom is 0.251 e. The van der Waals surface area contributed by atoms with Crippen molar-refractivity contribution in [2.75, 3.05) is 13.2 Å². The Morgan fingerprint density at radius 3 is 2.72 bits per heavy atom. The first-order valence-corrected chi connectivity index (χ1v) is 8.79. The molecular weight excluding hydrogens is 318 g/mol. The summed E-state index contributed by atoms with van der Waals surface area (Å²) in [5, 5.41) is 5.73. The molecule has 6 heteroatoms. The monoisotopic (exact) mass is 347 g/mol. The molecule has 1 unspecified atom stereocenters. The molecule has 2 amide bonds. The Bertz CT molecular complexity index is 604. The highest BCUT2D eigenvalue weighted by Gasteiger charge is 2.27. The molecule has 0 radical (unpaired) electrons. The number of ether oxygens (including phenoxy) is 1. The molecule has 4 N–H and O–H groups in total. The van der Waals surface area contributed by atoms with Crippen LogP contribution in [0.5, 0.6) is 0 Å². The highest BCUT2D eigenvalue weighted by molar-refractivity contribution is 5.94. The Hall–Kier alpha value is -1.92. The summed E-state index contributed by atoms with van der Waals surface area (Å²) >= 11 is 0. The smallest absolute Gasteiger partial charge is 0.251 e. The zero-order chi connectivity index (χ0) is 18.4. The van der Waals surface area contributed by atoms with Crippen molar-refractivity contribution < 1.29 is 14.3 Å². The van der Waals surface area contributed by atoms with Gasteiger partial charge in [0.05, 0.1) is 12.1 Å². The standard InChI is InChI=1S/C19H29N3O3/c1-19(2,3)16(20)18(24)21-11-13-6-4-7-14(10-13)17(23)22-12-15-8-5-9-25-15/h4,6-7,10,15-16H,5,8-9,11-12,20H2,1-3H3,(H,21,24)(H,22,23)/t15?,16-/m1/s1. The number of amides is 2. The first kappa shape index (κ1) is 19.4. The van der Waals surface area contributed by atoms with Crippen LogP contribution in [0.15, 0.2) is 24.3 Å². The van der Waals surface area contributed by atoms with Gasteiger partial charge in [0, 0.05) is 25.3 Å². The molecule has 1 aromatic carbocycles. The third-order valence-electron chi connectivity index (χ3n) is 4.39. The minimum Gasteiger partial charge on any atom is -0.376 e. The van der Waals surface area contributed by atoms with Gasteiger partial charge in [0.2, 0.25) is 5.91 Å². The predicted octanol–water partition coefficient (Wildman–Crippen LogP) is 1.58. The van der Waals surface area contributed by atoms with E-state index in [1.807, 2.05) is 32.9 Å². The summed E-state index contributed by atoms with van der Waals surface area (Å²) in [5.41, 5.74) is 7.08. The van der Waals surface area contributed by atoms with E-state index in [4.69, 9.17) is 10.5 Å². The van der Waals surface area contributed by atoms with Crippen molar-refractivity contribution in [3.05, 3.63) is 35.4 Å². The molecule has 1 saturated heterocycles. The van der Waals surface area contributed by atoms with Gasteiger partial charge < -0.3 is 21.1 Å². The third-order valence-corrected chi connectivity index (χ3v) is 4.39. The van der Waals surface area contributed by atoms with Crippen LogP contribution in [0.25, 0.3) is 0 Å². The molecule has 1 aliphatic heterocycles. The van der Waals surface area contributed by atoms with Gasteiger partial charge in [0.25, 0.3) is 5.91 Å². The third kappa shape index (κ3) is 5.83. The van der Waals surface area contributed by atoms with Gasteiger partial charge in [0.1, 0.15) is 0 Å². The summed E-state index contributed by atoms with van der Waals surface area (Å²) in [4.78, 5) is 24.4. The van der Waals surface area contributed by atoms with Gasteiger partial charge in [-0.1, -0.05) is 32.9 Å². The minimum absolute atomic E-state index is 0.116. The van der Waals surface area contributed by atoms with Crippen LogP contribution in [0.3, 0.4) is 0 Å². The van der Waals surface area contributed by atoms with E-state index in [1.54, 1.807) is 12.1 Å². The average molecular weight is 347 g/mol. The van der Waals surface area contributed by atoms with Gasteiger partial charge in [0.15, 0.2) is 0 Å². The van der Waals surface area contributed by atoms with Gasteiger partial charge in [-0.05, 0) is 36.0 Å². The SMILES string of the molecule is CC(C)(C)[C@H](N)C(=O)NCc1cccc(C(=O)NCC2CCCO2)c1. The van der Waals surface area contributed by atoms with Gasteiger partial charge in [-0.2, -0.15) is 0 Å². The molecular formula is C19H29N3O3. The number of hydrogen-bond donors (Lipinski definition) is 3. The van der Waals surface area contributed by atoms with Gasteiger partial charge in [-0.15, -0.1) is 0 Å². The summed E-state index contributed by atoms with van der Waals surface area (Å²) < 4.78 is 5.50. The molecule has 25 heavy (non-hydrogen) atoms. The lowest BCUT2D eigenvalue weighted by atomic mass is 9.87. The van der Waals surface area contributed by atoms with E-state index in [0.29, 0.717) is 18.7 Å². The number of nitrogens with one attached hydrogen (secondary N) is 2. The van der Waals surface area contributed by atoms with Crippen LogP contribution in [-0.2, 0) is 16.1 Å². The molecule has 0 saturated carbocycles. The number of hydrogen-bond acceptors (Lipinski definition) is 4. The number of carbonyl (C=O) groups is 2. The molecule has 138 valence electrons. The molecule has 1 heterocycles. The lowest BCUT2D eigenvalue weighted by Gasteiger charge is -2.25.